The monoisotopic (exact) mass is 298 g/mol. The van der Waals surface area contributed by atoms with Crippen molar-refractivity contribution in [2.24, 2.45) is 11.8 Å². The first kappa shape index (κ1) is 16.3. The summed E-state index contributed by atoms with van der Waals surface area (Å²) in [5.41, 5.74) is 1.37. The number of nitrogens with one attached hydrogen (secondary N) is 2. The molecular weight excluding hydrogens is 280 g/mol. The van der Waals surface area contributed by atoms with Crippen molar-refractivity contribution < 1.29 is 14.7 Å². The molecule has 6 heteroatoms. The number of hydrogen-bond acceptors (Lipinski definition) is 2. The van der Waals surface area contributed by atoms with Gasteiger partial charge in [-0.3, -0.25) is 4.79 Å². The van der Waals surface area contributed by atoms with Gasteiger partial charge in [0.2, 0.25) is 0 Å². The summed E-state index contributed by atoms with van der Waals surface area (Å²) >= 11 is 6.00. The minimum absolute atomic E-state index is 0.0603. The van der Waals surface area contributed by atoms with Crippen molar-refractivity contribution >= 4 is 29.3 Å². The molecule has 0 radical (unpaired) electrons. The highest BCUT2D eigenvalue weighted by Gasteiger charge is 2.22. The number of aliphatic carboxylic acids is 1. The molecule has 1 aromatic rings. The van der Waals surface area contributed by atoms with Crippen LogP contribution in [0.2, 0.25) is 5.02 Å². The zero-order valence-electron chi connectivity index (χ0n) is 11.7. The number of aryl methyl sites for hydroxylation is 1. The van der Waals surface area contributed by atoms with Gasteiger partial charge >= 0.3 is 12.0 Å². The molecule has 20 heavy (non-hydrogen) atoms. The lowest BCUT2D eigenvalue weighted by atomic mass is 9.96. The summed E-state index contributed by atoms with van der Waals surface area (Å²) < 4.78 is 0. The Kier molecular flexibility index (Phi) is 5.82. The van der Waals surface area contributed by atoms with Gasteiger partial charge in [0.1, 0.15) is 0 Å². The fourth-order valence-electron chi connectivity index (χ4n) is 1.76. The van der Waals surface area contributed by atoms with Gasteiger partial charge in [0.15, 0.2) is 0 Å². The maximum Gasteiger partial charge on any atom is 0.319 e. The van der Waals surface area contributed by atoms with Crippen molar-refractivity contribution in [1.29, 1.82) is 0 Å². The first-order chi connectivity index (χ1) is 9.32. The number of carboxylic acids is 1. The highest BCUT2D eigenvalue weighted by Crippen LogP contribution is 2.24. The van der Waals surface area contributed by atoms with Crippen molar-refractivity contribution in [1.82, 2.24) is 5.32 Å². The molecule has 110 valence electrons. The molecule has 0 fully saturated rings. The summed E-state index contributed by atoms with van der Waals surface area (Å²) in [5.74, 6) is -1.60. The normalized spacial score (nSPS) is 12.1. The van der Waals surface area contributed by atoms with Crippen LogP contribution in [-0.2, 0) is 4.79 Å². The van der Waals surface area contributed by atoms with Crippen molar-refractivity contribution in [2.75, 3.05) is 11.9 Å². The van der Waals surface area contributed by atoms with Crippen molar-refractivity contribution in [3.8, 4) is 0 Å². The lowest BCUT2D eigenvalue weighted by Crippen LogP contribution is -2.37. The van der Waals surface area contributed by atoms with Gasteiger partial charge in [-0.15, -0.1) is 0 Å². The Labute approximate surface area is 123 Å². The molecule has 1 aromatic carbocycles. The van der Waals surface area contributed by atoms with Crippen LogP contribution < -0.4 is 10.6 Å². The minimum atomic E-state index is -0.922. The van der Waals surface area contributed by atoms with Crippen LogP contribution in [-0.4, -0.2) is 23.7 Å². The second-order valence-electron chi connectivity index (χ2n) is 4.96. The van der Waals surface area contributed by atoms with E-state index in [0.717, 1.165) is 5.56 Å². The van der Waals surface area contributed by atoms with E-state index in [2.05, 4.69) is 10.6 Å². The fraction of sp³-hybridized carbons (Fsp3) is 0.429. The van der Waals surface area contributed by atoms with E-state index in [1.54, 1.807) is 26.0 Å². The highest BCUT2D eigenvalue weighted by molar-refractivity contribution is 6.33. The first-order valence-corrected chi connectivity index (χ1v) is 6.73. The van der Waals surface area contributed by atoms with Crippen LogP contribution in [0.1, 0.15) is 19.4 Å². The fourth-order valence-corrected chi connectivity index (χ4v) is 2.03. The van der Waals surface area contributed by atoms with E-state index in [0.29, 0.717) is 10.7 Å². The molecule has 0 bridgehead atoms. The largest absolute Gasteiger partial charge is 0.481 e. The van der Waals surface area contributed by atoms with Crippen LogP contribution in [0.5, 0.6) is 0 Å². The molecule has 0 heterocycles. The summed E-state index contributed by atoms with van der Waals surface area (Å²) in [6.07, 6.45) is 0. The van der Waals surface area contributed by atoms with E-state index in [1.807, 2.05) is 13.0 Å². The van der Waals surface area contributed by atoms with Gasteiger partial charge in [-0.25, -0.2) is 4.79 Å². The molecule has 5 nitrogen and oxygen atoms in total. The topological polar surface area (TPSA) is 78.4 Å². The number of carbonyl (C=O) groups excluding carboxylic acids is 1. The number of hydrogen-bond donors (Lipinski definition) is 3. The third-order valence-electron chi connectivity index (χ3n) is 3.06. The molecule has 1 unspecified atom stereocenters. The molecule has 0 saturated heterocycles. The molecule has 0 aliphatic rings. The van der Waals surface area contributed by atoms with E-state index in [9.17, 15) is 9.59 Å². The van der Waals surface area contributed by atoms with Gasteiger partial charge in [0, 0.05) is 6.54 Å². The molecule has 0 aliphatic carbocycles. The third kappa shape index (κ3) is 4.42. The zero-order valence-corrected chi connectivity index (χ0v) is 12.5. The predicted octanol–water partition coefficient (Wildman–Crippen LogP) is 3.13. The Morgan fingerprint density at radius 2 is 2.00 bits per heavy atom. The molecular formula is C14H19ClN2O3. The average Bonchev–Trinajstić information content (AvgIpc) is 2.33. The van der Waals surface area contributed by atoms with Crippen LogP contribution in [0, 0.1) is 18.8 Å². The number of urea groups is 1. The lowest BCUT2D eigenvalue weighted by molar-refractivity contribution is -0.142. The first-order valence-electron chi connectivity index (χ1n) is 6.35. The molecule has 2 amide bonds. The SMILES string of the molecule is Cc1cccc(Cl)c1NC(=O)NCC(C(=O)O)C(C)C. The Hall–Kier alpha value is -1.75. The Bertz CT molecular complexity index is 483. The molecule has 1 rings (SSSR count). The summed E-state index contributed by atoms with van der Waals surface area (Å²) in [5, 5.41) is 14.7. The van der Waals surface area contributed by atoms with E-state index in [-0.39, 0.29) is 12.5 Å². The second kappa shape index (κ2) is 7.14. The van der Waals surface area contributed by atoms with Gasteiger partial charge in [0.05, 0.1) is 16.6 Å². The van der Waals surface area contributed by atoms with Crippen LogP contribution >= 0.6 is 11.6 Å². The predicted molar refractivity (Wildman–Crippen MR) is 79.2 cm³/mol. The summed E-state index contributed by atoms with van der Waals surface area (Å²) in [4.78, 5) is 22.8. The third-order valence-corrected chi connectivity index (χ3v) is 3.38. The van der Waals surface area contributed by atoms with Crippen molar-refractivity contribution in [3.63, 3.8) is 0 Å². The van der Waals surface area contributed by atoms with Gasteiger partial charge in [-0.2, -0.15) is 0 Å². The van der Waals surface area contributed by atoms with Crippen molar-refractivity contribution in [3.05, 3.63) is 28.8 Å². The number of carbonyl (C=O) groups is 2. The van der Waals surface area contributed by atoms with Gasteiger partial charge < -0.3 is 15.7 Å². The van der Waals surface area contributed by atoms with Gasteiger partial charge in [0.25, 0.3) is 0 Å². The average molecular weight is 299 g/mol. The van der Waals surface area contributed by atoms with Gasteiger partial charge in [-0.1, -0.05) is 37.6 Å². The molecule has 3 N–H and O–H groups in total. The van der Waals surface area contributed by atoms with E-state index < -0.39 is 17.9 Å². The second-order valence-corrected chi connectivity index (χ2v) is 5.36. The number of carboxylic acid groups (broad SMARTS) is 1. The van der Waals surface area contributed by atoms with Crippen LogP contribution in [0.25, 0.3) is 0 Å². The number of amides is 2. The number of halogens is 1. The maximum atomic E-state index is 11.8. The number of para-hydroxylation sites is 1. The Balaban J connectivity index is 2.62. The van der Waals surface area contributed by atoms with E-state index in [4.69, 9.17) is 16.7 Å². The Morgan fingerprint density at radius 3 is 2.50 bits per heavy atom. The quantitative estimate of drug-likeness (QED) is 0.781. The highest BCUT2D eigenvalue weighted by atomic mass is 35.5. The standard InChI is InChI=1S/C14H19ClN2O3/c1-8(2)10(13(18)19)7-16-14(20)17-12-9(3)5-4-6-11(12)15/h4-6,8,10H,7H2,1-3H3,(H,18,19)(H2,16,17,20). The molecule has 0 saturated carbocycles. The number of benzene rings is 1. The maximum absolute atomic E-state index is 11.8. The smallest absolute Gasteiger partial charge is 0.319 e. The van der Waals surface area contributed by atoms with Crippen LogP contribution in [0.4, 0.5) is 10.5 Å². The van der Waals surface area contributed by atoms with Crippen molar-refractivity contribution in [2.45, 2.75) is 20.8 Å². The summed E-state index contributed by atoms with van der Waals surface area (Å²) in [6.45, 7) is 5.51. The molecule has 0 aliphatic heterocycles. The zero-order chi connectivity index (χ0) is 15.3. The summed E-state index contributed by atoms with van der Waals surface area (Å²) in [7, 11) is 0. The number of anilines is 1. The van der Waals surface area contributed by atoms with E-state index >= 15 is 0 Å². The Morgan fingerprint density at radius 1 is 1.35 bits per heavy atom. The summed E-state index contributed by atoms with van der Waals surface area (Å²) in [6, 6.07) is 4.83. The van der Waals surface area contributed by atoms with Crippen LogP contribution in [0.15, 0.2) is 18.2 Å². The number of rotatable bonds is 5. The molecule has 0 aromatic heterocycles. The molecule has 0 spiro atoms. The van der Waals surface area contributed by atoms with Crippen LogP contribution in [0.3, 0.4) is 0 Å². The minimum Gasteiger partial charge on any atom is -0.481 e. The van der Waals surface area contributed by atoms with Gasteiger partial charge in [-0.05, 0) is 24.5 Å². The van der Waals surface area contributed by atoms with E-state index in [1.165, 1.54) is 0 Å². The lowest BCUT2D eigenvalue weighted by Gasteiger charge is -2.17. The molecule has 1 atom stereocenters.